The van der Waals surface area contributed by atoms with Gasteiger partial charge in [-0.05, 0) is 25.7 Å². The SMILES string of the molecule is CCCCOP(=O)(OCCCC)C(Cl)(Cl)P(=O)(OCCCC)OCCCC. The van der Waals surface area contributed by atoms with Crippen molar-refractivity contribution in [3.05, 3.63) is 0 Å². The van der Waals surface area contributed by atoms with E-state index in [0.717, 1.165) is 25.7 Å². The summed E-state index contributed by atoms with van der Waals surface area (Å²) in [5.74, 6) is 0. The highest BCUT2D eigenvalue weighted by molar-refractivity contribution is 7.80. The average Bonchev–Trinajstić information content (AvgIpc) is 2.62. The highest BCUT2D eigenvalue weighted by atomic mass is 35.5. The Morgan fingerprint density at radius 2 is 0.815 bits per heavy atom. The van der Waals surface area contributed by atoms with Crippen molar-refractivity contribution in [3.8, 4) is 0 Å². The van der Waals surface area contributed by atoms with Crippen LogP contribution in [0.3, 0.4) is 0 Å². The zero-order valence-corrected chi connectivity index (χ0v) is 20.4. The Balaban J connectivity index is 5.60. The van der Waals surface area contributed by atoms with Crippen LogP contribution in [0.4, 0.5) is 0 Å². The molecule has 0 N–H and O–H groups in total. The molecule has 0 rings (SSSR count). The number of unbranched alkanes of at least 4 members (excludes halogenated alkanes) is 4. The molecule has 27 heavy (non-hydrogen) atoms. The normalized spacial score (nSPS) is 13.3. The molecular weight excluding hydrogens is 433 g/mol. The minimum Gasteiger partial charge on any atom is -0.306 e. The molecular formula is C17H36Cl2O6P2. The standard InChI is InChI=1S/C17H36Cl2O6P2/c1-5-9-13-22-26(20,23-14-10-6-2)17(18,19)27(21,24-15-11-7-3)25-16-12-8-4/h5-16H2,1-4H3. The highest BCUT2D eigenvalue weighted by Gasteiger charge is 2.64. The molecule has 0 aromatic heterocycles. The molecule has 0 saturated carbocycles. The topological polar surface area (TPSA) is 71.1 Å². The molecule has 0 unspecified atom stereocenters. The molecule has 0 heterocycles. The molecule has 164 valence electrons. The second kappa shape index (κ2) is 14.8. The van der Waals surface area contributed by atoms with Crippen LogP contribution < -0.4 is 0 Å². The third-order valence-electron chi connectivity index (χ3n) is 3.70. The van der Waals surface area contributed by atoms with Gasteiger partial charge in [-0.15, -0.1) is 0 Å². The summed E-state index contributed by atoms with van der Waals surface area (Å²) in [6.45, 7) is 8.38. The Hall–Kier alpha value is 0.880. The van der Waals surface area contributed by atoms with Crippen LogP contribution in [-0.4, -0.2) is 30.2 Å². The molecule has 0 aromatic rings. The lowest BCUT2D eigenvalue weighted by molar-refractivity contribution is 0.180. The molecule has 0 fully saturated rings. The first kappa shape index (κ1) is 27.9. The Labute approximate surface area is 175 Å². The number of halogens is 2. The fourth-order valence-electron chi connectivity index (χ4n) is 1.85. The van der Waals surface area contributed by atoms with Crippen molar-refractivity contribution in [3.63, 3.8) is 0 Å². The van der Waals surface area contributed by atoms with Crippen LogP contribution in [0.15, 0.2) is 0 Å². The van der Waals surface area contributed by atoms with E-state index in [1.165, 1.54) is 0 Å². The van der Waals surface area contributed by atoms with Crippen molar-refractivity contribution in [2.24, 2.45) is 0 Å². The highest BCUT2D eigenvalue weighted by Crippen LogP contribution is 2.81. The molecule has 0 aliphatic rings. The van der Waals surface area contributed by atoms with E-state index in [9.17, 15) is 9.13 Å². The van der Waals surface area contributed by atoms with E-state index in [0.29, 0.717) is 25.7 Å². The first-order valence-corrected chi connectivity index (χ1v) is 13.7. The number of hydrogen-bond acceptors (Lipinski definition) is 6. The largest absolute Gasteiger partial charge is 0.379 e. The molecule has 0 spiro atoms. The Morgan fingerprint density at radius 3 is 1.00 bits per heavy atom. The molecule has 10 heteroatoms. The van der Waals surface area contributed by atoms with Crippen LogP contribution in [0.1, 0.15) is 79.1 Å². The van der Waals surface area contributed by atoms with Crippen molar-refractivity contribution in [2.45, 2.75) is 82.9 Å². The zero-order chi connectivity index (χ0) is 20.8. The number of alkyl halides is 2. The van der Waals surface area contributed by atoms with Crippen LogP contribution in [0.25, 0.3) is 0 Å². The number of hydrogen-bond donors (Lipinski definition) is 0. The predicted octanol–water partition coefficient (Wildman–Crippen LogP) is 7.73. The minimum absolute atomic E-state index is 0.130. The molecule has 0 atom stereocenters. The van der Waals surface area contributed by atoms with Crippen molar-refractivity contribution in [1.82, 2.24) is 0 Å². The quantitative estimate of drug-likeness (QED) is 0.116. The van der Waals surface area contributed by atoms with Crippen LogP contribution in [-0.2, 0) is 27.2 Å². The van der Waals surface area contributed by atoms with Gasteiger partial charge in [0.1, 0.15) is 0 Å². The fraction of sp³-hybridized carbons (Fsp3) is 1.00. The molecule has 0 saturated heterocycles. The minimum atomic E-state index is -4.18. The van der Waals surface area contributed by atoms with Crippen LogP contribution in [0.2, 0.25) is 0 Å². The van der Waals surface area contributed by atoms with Crippen LogP contribution in [0, 0.1) is 0 Å². The third kappa shape index (κ3) is 9.05. The van der Waals surface area contributed by atoms with Gasteiger partial charge in [0.05, 0.1) is 26.4 Å². The van der Waals surface area contributed by atoms with Gasteiger partial charge in [0.15, 0.2) is 0 Å². The summed E-state index contributed by atoms with van der Waals surface area (Å²) in [6, 6.07) is 0. The predicted molar refractivity (Wildman–Crippen MR) is 113 cm³/mol. The average molecular weight is 469 g/mol. The van der Waals surface area contributed by atoms with E-state index in [2.05, 4.69) is 0 Å². The molecule has 0 aliphatic heterocycles. The smallest absolute Gasteiger partial charge is 0.306 e. The first-order chi connectivity index (χ1) is 12.7. The van der Waals surface area contributed by atoms with E-state index < -0.39 is 19.0 Å². The van der Waals surface area contributed by atoms with Gasteiger partial charge in [0.2, 0.25) is 0 Å². The lowest BCUT2D eigenvalue weighted by Gasteiger charge is -2.34. The molecule has 0 aliphatic carbocycles. The first-order valence-electron chi connectivity index (χ1n) is 9.90. The summed E-state index contributed by atoms with van der Waals surface area (Å²) in [4.78, 5) is 0. The van der Waals surface area contributed by atoms with Gasteiger partial charge in [0.25, 0.3) is 0 Å². The summed E-state index contributed by atoms with van der Waals surface area (Å²) in [7, 11) is -8.37. The van der Waals surface area contributed by atoms with E-state index >= 15 is 0 Å². The molecule has 0 radical (unpaired) electrons. The summed E-state index contributed by atoms with van der Waals surface area (Å²) in [5, 5.41) is 0. The maximum atomic E-state index is 13.5. The summed E-state index contributed by atoms with van der Waals surface area (Å²) < 4.78 is 46.4. The Morgan fingerprint density at radius 1 is 0.593 bits per heavy atom. The molecule has 0 amide bonds. The second-order valence-corrected chi connectivity index (χ2v) is 13.4. The van der Waals surface area contributed by atoms with Gasteiger partial charge in [-0.2, -0.15) is 0 Å². The van der Waals surface area contributed by atoms with E-state index in [-0.39, 0.29) is 26.4 Å². The van der Waals surface area contributed by atoms with Gasteiger partial charge in [-0.25, -0.2) is 0 Å². The summed E-state index contributed by atoms with van der Waals surface area (Å²) in [5.41, 5.74) is 0. The van der Waals surface area contributed by atoms with Crippen molar-refractivity contribution < 1.29 is 27.2 Å². The van der Waals surface area contributed by atoms with E-state index in [1.807, 2.05) is 27.7 Å². The summed E-state index contributed by atoms with van der Waals surface area (Å²) >= 11 is 12.8. The van der Waals surface area contributed by atoms with Gasteiger partial charge in [-0.3, -0.25) is 9.13 Å². The van der Waals surface area contributed by atoms with Gasteiger partial charge in [0, 0.05) is 0 Å². The zero-order valence-electron chi connectivity index (χ0n) is 17.1. The molecule has 0 aromatic carbocycles. The molecule has 6 nitrogen and oxygen atoms in total. The lowest BCUT2D eigenvalue weighted by atomic mass is 10.4. The van der Waals surface area contributed by atoms with Crippen molar-refractivity contribution in [2.75, 3.05) is 26.4 Å². The van der Waals surface area contributed by atoms with Gasteiger partial charge in [-0.1, -0.05) is 76.6 Å². The van der Waals surface area contributed by atoms with Gasteiger partial charge < -0.3 is 18.1 Å². The Bertz CT molecular complexity index is 408. The monoisotopic (exact) mass is 468 g/mol. The van der Waals surface area contributed by atoms with E-state index in [4.69, 9.17) is 41.3 Å². The fourth-order valence-corrected chi connectivity index (χ4v) is 7.16. The van der Waals surface area contributed by atoms with Crippen LogP contribution in [0.5, 0.6) is 0 Å². The van der Waals surface area contributed by atoms with Crippen molar-refractivity contribution >= 4 is 38.4 Å². The second-order valence-electron chi connectivity index (χ2n) is 6.25. The van der Waals surface area contributed by atoms with Crippen LogP contribution >= 0.6 is 38.4 Å². The lowest BCUT2D eigenvalue weighted by Crippen LogP contribution is -2.22. The third-order valence-corrected chi connectivity index (χ3v) is 11.1. The van der Waals surface area contributed by atoms with Gasteiger partial charge >= 0.3 is 19.0 Å². The molecule has 0 bridgehead atoms. The summed E-state index contributed by atoms with van der Waals surface area (Å²) in [6.07, 6.45) is 5.86. The van der Waals surface area contributed by atoms with Crippen molar-refractivity contribution in [1.29, 1.82) is 0 Å². The maximum absolute atomic E-state index is 13.5. The van der Waals surface area contributed by atoms with E-state index in [1.54, 1.807) is 0 Å². The maximum Gasteiger partial charge on any atom is 0.379 e. The Kier molecular flexibility index (Phi) is 15.3. The number of rotatable bonds is 18.